The minimum absolute atomic E-state index is 0.0696. The highest BCUT2D eigenvalue weighted by molar-refractivity contribution is 5.58. The summed E-state index contributed by atoms with van der Waals surface area (Å²) < 4.78 is 38.1. The fraction of sp³-hybridized carbons (Fsp3) is 0.736. The first-order chi connectivity index (χ1) is 28.8. The van der Waals surface area contributed by atoms with Crippen LogP contribution in [0, 0.1) is 18.8 Å². The van der Waals surface area contributed by atoms with Crippen LogP contribution in [0.2, 0.25) is 0 Å². The van der Waals surface area contributed by atoms with Crippen molar-refractivity contribution in [1.29, 1.82) is 0 Å². The molecule has 2 saturated carbocycles. The van der Waals surface area contributed by atoms with E-state index in [-0.39, 0.29) is 28.5 Å². The number of aryl methyl sites for hydroxylation is 2. The Balaban J connectivity index is 0.818. The standard InChI is InChI=1S/C53H82N2O6/c1-39-19-20-41(17-13-31-56-50(2,3)4)34-49(39)55-29-23-44(24-30-55)59-46-37-48(38-46)61-53(10,11)26-25-52(8,9)57-32-14-16-40-15-12-18-42(33-40)54-27-21-43(22-28-54)58-45-35-47(36-45)60-51(5,6)7/h12,15,18-20,33-34,43-48H,14,16,21-32,35-38H2,1-11H3. The predicted octanol–water partition coefficient (Wildman–Crippen LogP) is 11.0. The van der Waals surface area contributed by atoms with Crippen molar-refractivity contribution in [3.05, 3.63) is 59.2 Å². The molecule has 0 aromatic heterocycles. The molecule has 2 heterocycles. The quantitative estimate of drug-likeness (QED) is 0.109. The average Bonchev–Trinajstić information content (AvgIpc) is 3.16. The molecule has 61 heavy (non-hydrogen) atoms. The Morgan fingerprint density at radius 2 is 1.20 bits per heavy atom. The van der Waals surface area contributed by atoms with Crippen molar-refractivity contribution in [3.8, 4) is 11.8 Å². The van der Waals surface area contributed by atoms with E-state index in [2.05, 4.69) is 140 Å². The van der Waals surface area contributed by atoms with E-state index in [0.717, 1.165) is 115 Å². The molecule has 6 rings (SSSR count). The zero-order valence-corrected chi connectivity index (χ0v) is 40.1. The van der Waals surface area contributed by atoms with Gasteiger partial charge in [0.15, 0.2) is 0 Å². The van der Waals surface area contributed by atoms with Gasteiger partial charge in [-0.3, -0.25) is 0 Å². The first kappa shape index (κ1) is 47.8. The Hall–Kier alpha value is -2.64. The average molecular weight is 843 g/mol. The summed E-state index contributed by atoms with van der Waals surface area (Å²) in [5.41, 5.74) is 5.72. The van der Waals surface area contributed by atoms with Crippen molar-refractivity contribution in [2.24, 2.45) is 0 Å². The molecule has 0 spiro atoms. The van der Waals surface area contributed by atoms with Crippen LogP contribution in [0.5, 0.6) is 0 Å². The Kier molecular flexibility index (Phi) is 16.4. The fourth-order valence-electron chi connectivity index (χ4n) is 9.11. The molecule has 340 valence electrons. The molecular weight excluding hydrogens is 761 g/mol. The number of rotatable bonds is 18. The summed E-state index contributed by atoms with van der Waals surface area (Å²) in [4.78, 5) is 5.03. The Morgan fingerprint density at radius 1 is 0.607 bits per heavy atom. The summed E-state index contributed by atoms with van der Waals surface area (Å²) in [5.74, 6) is 6.47. The Bertz CT molecular complexity index is 1720. The van der Waals surface area contributed by atoms with Gasteiger partial charge in [-0.2, -0.15) is 0 Å². The van der Waals surface area contributed by atoms with E-state index in [4.69, 9.17) is 28.4 Å². The van der Waals surface area contributed by atoms with Crippen LogP contribution in [0.15, 0.2) is 42.5 Å². The number of ether oxygens (including phenoxy) is 6. The van der Waals surface area contributed by atoms with Crippen molar-refractivity contribution in [1.82, 2.24) is 0 Å². The molecule has 0 amide bonds. The van der Waals surface area contributed by atoms with Gasteiger partial charge in [-0.25, -0.2) is 0 Å². The van der Waals surface area contributed by atoms with Gasteiger partial charge < -0.3 is 38.2 Å². The van der Waals surface area contributed by atoms with Crippen LogP contribution >= 0.6 is 0 Å². The summed E-state index contributed by atoms with van der Waals surface area (Å²) in [6.45, 7) is 29.0. The van der Waals surface area contributed by atoms with E-state index in [9.17, 15) is 0 Å². The highest BCUT2D eigenvalue weighted by Gasteiger charge is 2.38. The SMILES string of the molecule is Cc1ccc(C#CCOC(C)(C)C)cc1N1CCC(OC2CC(OC(C)(C)CCC(C)(C)OCCCc3cccc(N4CCC(OC5CC(OC(C)(C)C)C5)CC4)c3)C2)CC1. The van der Waals surface area contributed by atoms with Gasteiger partial charge in [0.2, 0.25) is 0 Å². The third kappa shape index (κ3) is 15.8. The molecule has 8 nitrogen and oxygen atoms in total. The molecule has 2 aromatic carbocycles. The van der Waals surface area contributed by atoms with Crippen molar-refractivity contribution in [2.75, 3.05) is 49.2 Å². The van der Waals surface area contributed by atoms with E-state index < -0.39 is 0 Å². The van der Waals surface area contributed by atoms with E-state index in [1.165, 1.54) is 22.5 Å². The summed E-state index contributed by atoms with van der Waals surface area (Å²) in [5, 5.41) is 0. The monoisotopic (exact) mass is 843 g/mol. The van der Waals surface area contributed by atoms with E-state index in [1.807, 2.05) is 0 Å². The van der Waals surface area contributed by atoms with Crippen molar-refractivity contribution in [2.45, 2.75) is 212 Å². The molecule has 0 atom stereocenters. The second kappa shape index (κ2) is 20.9. The summed E-state index contributed by atoms with van der Waals surface area (Å²) in [7, 11) is 0. The number of benzene rings is 2. The largest absolute Gasteiger partial charge is 0.376 e. The van der Waals surface area contributed by atoms with E-state index >= 15 is 0 Å². The maximum absolute atomic E-state index is 6.65. The van der Waals surface area contributed by atoms with E-state index in [0.29, 0.717) is 37.1 Å². The summed E-state index contributed by atoms with van der Waals surface area (Å²) in [6.07, 6.45) is 14.3. The number of nitrogens with zero attached hydrogens (tertiary/aromatic N) is 2. The van der Waals surface area contributed by atoms with Gasteiger partial charge in [0.1, 0.15) is 6.61 Å². The molecule has 0 N–H and O–H groups in total. The zero-order chi connectivity index (χ0) is 43.8. The maximum atomic E-state index is 6.65. The Morgan fingerprint density at radius 3 is 1.80 bits per heavy atom. The molecule has 0 unspecified atom stereocenters. The van der Waals surface area contributed by atoms with Gasteiger partial charge in [-0.15, -0.1) is 0 Å². The highest BCUT2D eigenvalue weighted by Crippen LogP contribution is 2.36. The normalized spacial score (nSPS) is 23.3. The Labute approximate surface area is 371 Å². The molecule has 0 bridgehead atoms. The minimum atomic E-state index is -0.194. The third-order valence-corrected chi connectivity index (χ3v) is 12.8. The lowest BCUT2D eigenvalue weighted by molar-refractivity contribution is -0.174. The smallest absolute Gasteiger partial charge is 0.108 e. The van der Waals surface area contributed by atoms with Gasteiger partial charge in [0.25, 0.3) is 0 Å². The molecule has 2 aliphatic heterocycles. The van der Waals surface area contributed by atoms with Crippen molar-refractivity contribution in [3.63, 3.8) is 0 Å². The molecule has 2 aromatic rings. The molecule has 2 saturated heterocycles. The minimum Gasteiger partial charge on any atom is -0.376 e. The molecule has 2 aliphatic carbocycles. The summed E-state index contributed by atoms with van der Waals surface area (Å²) in [6, 6.07) is 15.7. The third-order valence-electron chi connectivity index (χ3n) is 12.8. The first-order valence-corrected chi connectivity index (χ1v) is 23.9. The van der Waals surface area contributed by atoms with Crippen LogP contribution < -0.4 is 9.80 Å². The number of hydrogen-bond acceptors (Lipinski definition) is 8. The van der Waals surface area contributed by atoms with Crippen LogP contribution in [0.3, 0.4) is 0 Å². The number of hydrogen-bond donors (Lipinski definition) is 0. The van der Waals surface area contributed by atoms with Gasteiger partial charge in [-0.05, 0) is 189 Å². The predicted molar refractivity (Wildman–Crippen MR) is 250 cm³/mol. The second-order valence-electron chi connectivity index (χ2n) is 21.8. The maximum Gasteiger partial charge on any atom is 0.108 e. The van der Waals surface area contributed by atoms with Crippen LogP contribution in [0.25, 0.3) is 0 Å². The number of anilines is 2. The summed E-state index contributed by atoms with van der Waals surface area (Å²) >= 11 is 0. The van der Waals surface area contributed by atoms with Crippen LogP contribution in [-0.2, 0) is 34.8 Å². The van der Waals surface area contributed by atoms with Crippen molar-refractivity contribution >= 4 is 11.4 Å². The van der Waals surface area contributed by atoms with E-state index in [1.54, 1.807) is 0 Å². The molecule has 0 radical (unpaired) electrons. The molecule has 4 fully saturated rings. The molecule has 4 aliphatic rings. The van der Waals surface area contributed by atoms with Crippen LogP contribution in [-0.4, -0.2) is 98.4 Å². The van der Waals surface area contributed by atoms with Gasteiger partial charge in [-0.1, -0.05) is 30.0 Å². The molecular formula is C53H82N2O6. The van der Waals surface area contributed by atoms with Crippen LogP contribution in [0.4, 0.5) is 11.4 Å². The van der Waals surface area contributed by atoms with Crippen molar-refractivity contribution < 1.29 is 28.4 Å². The fourth-order valence-corrected chi connectivity index (χ4v) is 9.11. The zero-order valence-electron chi connectivity index (χ0n) is 40.1. The first-order valence-electron chi connectivity index (χ1n) is 23.9. The lowest BCUT2D eigenvalue weighted by atomic mass is 9.88. The lowest BCUT2D eigenvalue weighted by Gasteiger charge is -2.43. The van der Waals surface area contributed by atoms with Gasteiger partial charge >= 0.3 is 0 Å². The van der Waals surface area contributed by atoms with Gasteiger partial charge in [0.05, 0.1) is 59.0 Å². The number of piperidine rings is 2. The highest BCUT2D eigenvalue weighted by atomic mass is 16.5. The topological polar surface area (TPSA) is 61.9 Å². The van der Waals surface area contributed by atoms with Gasteiger partial charge in [0, 0.05) is 49.7 Å². The van der Waals surface area contributed by atoms with Crippen LogP contribution in [0.1, 0.15) is 157 Å². The molecule has 8 heteroatoms. The lowest BCUT2D eigenvalue weighted by Crippen LogP contribution is -2.46. The second-order valence-corrected chi connectivity index (χ2v) is 21.8.